The van der Waals surface area contributed by atoms with Gasteiger partial charge in [0.15, 0.2) is 11.6 Å². The molecule has 0 radical (unpaired) electrons. The molecule has 1 unspecified atom stereocenters. The van der Waals surface area contributed by atoms with E-state index in [1.54, 1.807) is 0 Å². The van der Waals surface area contributed by atoms with Crippen LogP contribution in [-0.2, 0) is 5.41 Å². The van der Waals surface area contributed by atoms with Crippen LogP contribution in [0.1, 0.15) is 37.0 Å². The number of hydrogen-bond donors (Lipinski definition) is 0. The molecule has 0 aliphatic rings. The lowest BCUT2D eigenvalue weighted by Gasteiger charge is -2.37. The summed E-state index contributed by atoms with van der Waals surface area (Å²) < 4.78 is 149. The summed E-state index contributed by atoms with van der Waals surface area (Å²) in [5, 5.41) is 0. The molecular weight excluding hydrogens is 546 g/mol. The van der Waals surface area contributed by atoms with E-state index in [0.717, 1.165) is 48.5 Å². The van der Waals surface area contributed by atoms with E-state index in [-0.39, 0.29) is 13.2 Å². The Morgan fingerprint density at radius 2 is 1.13 bits per heavy atom. The monoisotopic (exact) mass is 568 g/mol. The van der Waals surface area contributed by atoms with Gasteiger partial charge in [-0.15, -0.1) is 0 Å². The predicted octanol–water partition coefficient (Wildman–Crippen LogP) is 9.51. The van der Waals surface area contributed by atoms with E-state index < -0.39 is 82.1 Å². The summed E-state index contributed by atoms with van der Waals surface area (Å²) in [4.78, 5) is 0. The van der Waals surface area contributed by atoms with Crippen LogP contribution in [0.2, 0.25) is 0 Å². The zero-order valence-electron chi connectivity index (χ0n) is 19.4. The van der Waals surface area contributed by atoms with E-state index in [4.69, 9.17) is 9.47 Å². The van der Waals surface area contributed by atoms with Crippen LogP contribution in [0.3, 0.4) is 0 Å². The van der Waals surface area contributed by atoms with Crippen LogP contribution in [0.5, 0.6) is 17.2 Å². The molecule has 212 valence electrons. The molecule has 0 heterocycles. The van der Waals surface area contributed by atoms with E-state index in [0.29, 0.717) is 6.08 Å². The summed E-state index contributed by atoms with van der Waals surface area (Å²) in [6, 6.07) is 7.33. The van der Waals surface area contributed by atoms with Gasteiger partial charge in [-0.3, -0.25) is 0 Å². The molecule has 0 N–H and O–H groups in total. The van der Waals surface area contributed by atoms with E-state index in [1.807, 2.05) is 0 Å². The second-order valence-electron chi connectivity index (χ2n) is 8.08. The molecule has 39 heavy (non-hydrogen) atoms. The van der Waals surface area contributed by atoms with Gasteiger partial charge < -0.3 is 9.47 Å². The number of rotatable bonds is 8. The number of alkyl halides is 6. The van der Waals surface area contributed by atoms with Crippen molar-refractivity contribution < 1.29 is 53.4 Å². The second-order valence-corrected chi connectivity index (χ2v) is 8.08. The quantitative estimate of drug-likeness (QED) is 0.199. The lowest BCUT2D eigenvalue weighted by atomic mass is 9.70. The number of hydrogen-bond acceptors (Lipinski definition) is 2. The van der Waals surface area contributed by atoms with Gasteiger partial charge in [-0.2, -0.15) is 35.1 Å². The molecule has 0 saturated carbocycles. The Morgan fingerprint density at radius 3 is 1.49 bits per heavy atom. The van der Waals surface area contributed by atoms with Crippen molar-refractivity contribution in [3.63, 3.8) is 0 Å². The normalized spacial score (nSPS) is 13.3. The summed E-state index contributed by atoms with van der Waals surface area (Å²) in [6.45, 7) is 3.04. The fraction of sp³-hybridized carbons (Fsp3) is 0.259. The summed E-state index contributed by atoms with van der Waals surface area (Å²) >= 11 is 0. The van der Waals surface area contributed by atoms with Crippen molar-refractivity contribution in [2.24, 2.45) is 0 Å². The fourth-order valence-electron chi connectivity index (χ4n) is 3.95. The first-order valence-electron chi connectivity index (χ1n) is 10.7. The maximum Gasteiger partial charge on any atom is 0.402 e. The van der Waals surface area contributed by atoms with E-state index in [1.165, 1.54) is 7.11 Å². The van der Waals surface area contributed by atoms with Gasteiger partial charge in [0.2, 0.25) is 17.4 Å². The fourth-order valence-corrected chi connectivity index (χ4v) is 3.95. The number of halogens is 10. The molecular formula is C27H22F10O2. The first kappa shape index (κ1) is 31.5. The molecule has 0 amide bonds. The average molecular weight is 568 g/mol. The Kier molecular flexibility index (Phi) is 9.36. The van der Waals surface area contributed by atoms with Gasteiger partial charge in [-0.05, 0) is 41.8 Å². The first-order chi connectivity index (χ1) is 17.7. The van der Waals surface area contributed by atoms with Crippen molar-refractivity contribution in [3.8, 4) is 17.2 Å². The lowest BCUT2D eigenvalue weighted by Crippen LogP contribution is -2.44. The van der Waals surface area contributed by atoms with Gasteiger partial charge in [-0.1, -0.05) is 44.3 Å². The minimum absolute atomic E-state index is 0. The molecule has 12 heteroatoms. The molecule has 0 bridgehead atoms. The molecule has 0 aliphatic heterocycles. The highest BCUT2D eigenvalue weighted by Gasteiger charge is 2.57. The average Bonchev–Trinajstić information content (AvgIpc) is 2.86. The summed E-state index contributed by atoms with van der Waals surface area (Å²) in [7, 11) is 1.25. The standard InChI is InChI=1S/C26H18F10O2.CH4/c1-3-18-19(27)21(29)23(22(30)20(18)28)38-17-10-6-15(7-11-17)24(26(34,35)36,12-13-25(31,32)33)14-4-8-16(37-2)9-5-14;/h3-11H,1,12-13H2,2H3;1H4. The van der Waals surface area contributed by atoms with Gasteiger partial charge in [0.25, 0.3) is 0 Å². The van der Waals surface area contributed by atoms with Crippen LogP contribution in [0.15, 0.2) is 55.1 Å². The van der Waals surface area contributed by atoms with E-state index in [2.05, 4.69) is 6.58 Å². The van der Waals surface area contributed by atoms with Crippen molar-refractivity contribution in [2.45, 2.75) is 38.0 Å². The van der Waals surface area contributed by atoms with Gasteiger partial charge >= 0.3 is 12.4 Å². The number of benzene rings is 3. The second kappa shape index (κ2) is 11.6. The van der Waals surface area contributed by atoms with Crippen molar-refractivity contribution in [1.82, 2.24) is 0 Å². The highest BCUT2D eigenvalue weighted by Crippen LogP contribution is 2.51. The molecule has 0 spiro atoms. The zero-order valence-corrected chi connectivity index (χ0v) is 19.4. The third-order valence-corrected chi connectivity index (χ3v) is 5.88. The molecule has 3 aromatic rings. The highest BCUT2D eigenvalue weighted by atomic mass is 19.4. The van der Waals surface area contributed by atoms with E-state index >= 15 is 0 Å². The Bertz CT molecular complexity index is 1270. The van der Waals surface area contributed by atoms with Crippen LogP contribution in [0.25, 0.3) is 6.08 Å². The largest absolute Gasteiger partial charge is 0.497 e. The molecule has 2 nitrogen and oxygen atoms in total. The molecule has 3 aromatic carbocycles. The molecule has 3 rings (SSSR count). The summed E-state index contributed by atoms with van der Waals surface area (Å²) in [5.74, 6) is -9.35. The Hall–Kier alpha value is -3.70. The highest BCUT2D eigenvalue weighted by molar-refractivity contribution is 5.53. The van der Waals surface area contributed by atoms with Crippen molar-refractivity contribution in [3.05, 3.63) is 95.1 Å². The smallest absolute Gasteiger partial charge is 0.402 e. The van der Waals surface area contributed by atoms with Crippen LogP contribution in [0, 0.1) is 23.3 Å². The van der Waals surface area contributed by atoms with Gasteiger partial charge in [-0.25, -0.2) is 8.78 Å². The van der Waals surface area contributed by atoms with Gasteiger partial charge in [0.1, 0.15) is 16.9 Å². The minimum Gasteiger partial charge on any atom is -0.497 e. The SMILES string of the molecule is C.C=Cc1c(F)c(F)c(Oc2ccc(C(CCC(F)(F)F)(c3ccc(OC)cc3)C(F)(F)F)cc2)c(F)c1F. The Balaban J connectivity index is 0.00000533. The van der Waals surface area contributed by atoms with Crippen LogP contribution < -0.4 is 9.47 Å². The summed E-state index contributed by atoms with van der Waals surface area (Å²) in [5.41, 5.74) is -5.42. The topological polar surface area (TPSA) is 18.5 Å². The predicted molar refractivity (Wildman–Crippen MR) is 125 cm³/mol. The molecule has 1 atom stereocenters. The Labute approximate surface area is 217 Å². The van der Waals surface area contributed by atoms with Gasteiger partial charge in [0, 0.05) is 6.42 Å². The maximum atomic E-state index is 14.6. The number of ether oxygens (including phenoxy) is 2. The first-order valence-corrected chi connectivity index (χ1v) is 10.7. The molecule has 0 saturated heterocycles. The van der Waals surface area contributed by atoms with Crippen molar-refractivity contribution >= 4 is 6.08 Å². The maximum absolute atomic E-state index is 14.6. The summed E-state index contributed by atoms with van der Waals surface area (Å²) in [6.07, 6.45) is -12.8. The van der Waals surface area contributed by atoms with Crippen molar-refractivity contribution in [2.75, 3.05) is 7.11 Å². The molecule has 0 aromatic heterocycles. The zero-order chi connectivity index (χ0) is 28.5. The van der Waals surface area contributed by atoms with Crippen molar-refractivity contribution in [1.29, 1.82) is 0 Å². The third kappa shape index (κ3) is 6.15. The van der Waals surface area contributed by atoms with E-state index in [9.17, 15) is 43.9 Å². The van der Waals surface area contributed by atoms with Crippen LogP contribution in [0.4, 0.5) is 43.9 Å². The molecule has 0 aliphatic carbocycles. The number of methoxy groups -OCH3 is 1. The third-order valence-electron chi connectivity index (χ3n) is 5.88. The van der Waals surface area contributed by atoms with Crippen LogP contribution >= 0.6 is 0 Å². The van der Waals surface area contributed by atoms with Gasteiger partial charge in [0.05, 0.1) is 12.7 Å². The van der Waals surface area contributed by atoms with Crippen LogP contribution in [-0.4, -0.2) is 19.5 Å². The minimum atomic E-state index is -5.24. The Morgan fingerprint density at radius 1 is 0.692 bits per heavy atom. The lowest BCUT2D eigenvalue weighted by molar-refractivity contribution is -0.193. The molecule has 0 fully saturated rings.